The van der Waals surface area contributed by atoms with E-state index in [1.165, 1.54) is 0 Å². The number of terminal acetylenes is 1. The molecular weight excluding hydrogens is 230 g/mol. The summed E-state index contributed by atoms with van der Waals surface area (Å²) in [7, 11) is 0. The molecule has 4 heteroatoms. The lowest BCUT2D eigenvalue weighted by molar-refractivity contribution is 0.370. The van der Waals surface area contributed by atoms with Gasteiger partial charge in [-0.15, -0.1) is 6.42 Å². The standard InChI is InChI=1S/C9H5Cl3O/c1-2-3-13-6-4-7(10)9(12)8(11)5-6/h1,4-5H,3H2. The number of rotatable bonds is 2. The fourth-order valence-corrected chi connectivity index (χ4v) is 1.32. The zero-order chi connectivity index (χ0) is 9.84. The normalized spacial score (nSPS) is 9.38. The van der Waals surface area contributed by atoms with Gasteiger partial charge in [-0.25, -0.2) is 0 Å². The molecule has 68 valence electrons. The Hall–Kier alpha value is -0.550. The fraction of sp³-hybridized carbons (Fsp3) is 0.111. The molecule has 1 aromatic rings. The quantitative estimate of drug-likeness (QED) is 0.561. The Morgan fingerprint density at radius 2 is 1.77 bits per heavy atom. The molecule has 0 unspecified atom stereocenters. The van der Waals surface area contributed by atoms with Crippen molar-refractivity contribution in [2.75, 3.05) is 6.61 Å². The molecule has 0 aliphatic rings. The van der Waals surface area contributed by atoms with Gasteiger partial charge in [0.1, 0.15) is 12.4 Å². The van der Waals surface area contributed by atoms with E-state index in [-0.39, 0.29) is 6.61 Å². The van der Waals surface area contributed by atoms with E-state index in [1.54, 1.807) is 12.1 Å². The van der Waals surface area contributed by atoms with E-state index in [4.69, 9.17) is 46.0 Å². The van der Waals surface area contributed by atoms with Gasteiger partial charge in [-0.05, 0) is 0 Å². The van der Waals surface area contributed by atoms with E-state index in [9.17, 15) is 0 Å². The molecule has 0 amide bonds. The second-order valence-electron chi connectivity index (χ2n) is 2.19. The Labute approximate surface area is 91.5 Å². The molecule has 0 bridgehead atoms. The zero-order valence-corrected chi connectivity index (χ0v) is 8.75. The molecule has 1 rings (SSSR count). The summed E-state index contributed by atoms with van der Waals surface area (Å²) >= 11 is 17.2. The first-order valence-corrected chi connectivity index (χ1v) is 4.49. The highest BCUT2D eigenvalue weighted by molar-refractivity contribution is 6.48. The highest BCUT2D eigenvalue weighted by Gasteiger charge is 2.05. The highest BCUT2D eigenvalue weighted by Crippen LogP contribution is 2.33. The van der Waals surface area contributed by atoms with Crippen LogP contribution >= 0.6 is 34.8 Å². The number of hydrogen-bond acceptors (Lipinski definition) is 1. The van der Waals surface area contributed by atoms with Crippen molar-refractivity contribution in [3.05, 3.63) is 27.2 Å². The van der Waals surface area contributed by atoms with Crippen molar-refractivity contribution in [2.24, 2.45) is 0 Å². The summed E-state index contributed by atoms with van der Waals surface area (Å²) in [6.07, 6.45) is 5.02. The van der Waals surface area contributed by atoms with E-state index in [2.05, 4.69) is 5.92 Å². The molecule has 0 saturated carbocycles. The SMILES string of the molecule is C#CCOc1cc(Cl)c(Cl)c(Cl)c1. The van der Waals surface area contributed by atoms with Gasteiger partial charge in [0.15, 0.2) is 0 Å². The molecule has 0 aliphatic heterocycles. The van der Waals surface area contributed by atoms with Crippen LogP contribution in [0.25, 0.3) is 0 Å². The monoisotopic (exact) mass is 234 g/mol. The Morgan fingerprint density at radius 1 is 1.23 bits per heavy atom. The summed E-state index contributed by atoms with van der Waals surface area (Å²) in [5.41, 5.74) is 0. The number of hydrogen-bond donors (Lipinski definition) is 0. The van der Waals surface area contributed by atoms with Crippen molar-refractivity contribution in [3.8, 4) is 18.1 Å². The molecule has 1 aromatic carbocycles. The molecule has 0 N–H and O–H groups in total. The van der Waals surface area contributed by atoms with Crippen molar-refractivity contribution in [1.29, 1.82) is 0 Å². The minimum Gasteiger partial charge on any atom is -0.481 e. The van der Waals surface area contributed by atoms with Crippen LogP contribution in [0.5, 0.6) is 5.75 Å². The molecule has 0 aliphatic carbocycles. The van der Waals surface area contributed by atoms with Gasteiger partial charge in [0, 0.05) is 12.1 Å². The van der Waals surface area contributed by atoms with Crippen LogP contribution in [0.3, 0.4) is 0 Å². The molecule has 13 heavy (non-hydrogen) atoms. The minimum absolute atomic E-state index is 0.175. The number of benzene rings is 1. The van der Waals surface area contributed by atoms with E-state index in [1.807, 2.05) is 0 Å². The van der Waals surface area contributed by atoms with Gasteiger partial charge in [0.25, 0.3) is 0 Å². The Morgan fingerprint density at radius 3 is 2.23 bits per heavy atom. The molecule has 0 atom stereocenters. The maximum atomic E-state index is 5.75. The molecule has 0 saturated heterocycles. The van der Waals surface area contributed by atoms with Crippen LogP contribution in [0.1, 0.15) is 0 Å². The third-order valence-electron chi connectivity index (χ3n) is 1.28. The van der Waals surface area contributed by atoms with Crippen molar-refractivity contribution < 1.29 is 4.74 Å². The number of ether oxygens (including phenoxy) is 1. The summed E-state index contributed by atoms with van der Waals surface area (Å²) < 4.78 is 5.11. The van der Waals surface area contributed by atoms with E-state index in [0.717, 1.165) is 0 Å². The number of halogens is 3. The summed E-state index contributed by atoms with van der Waals surface area (Å²) in [5, 5.41) is 1.01. The second kappa shape index (κ2) is 4.62. The van der Waals surface area contributed by atoms with Gasteiger partial charge >= 0.3 is 0 Å². The first-order chi connectivity index (χ1) is 6.15. The maximum Gasteiger partial charge on any atom is 0.148 e. The van der Waals surface area contributed by atoms with Crippen LogP contribution in [0, 0.1) is 12.3 Å². The van der Waals surface area contributed by atoms with E-state index < -0.39 is 0 Å². The van der Waals surface area contributed by atoms with Gasteiger partial charge in [0.05, 0.1) is 15.1 Å². The van der Waals surface area contributed by atoms with Crippen LogP contribution in [0.2, 0.25) is 15.1 Å². The highest BCUT2D eigenvalue weighted by atomic mass is 35.5. The Kier molecular flexibility index (Phi) is 3.74. The van der Waals surface area contributed by atoms with Crippen LogP contribution in [-0.4, -0.2) is 6.61 Å². The minimum atomic E-state index is 0.175. The van der Waals surface area contributed by atoms with Crippen molar-refractivity contribution in [2.45, 2.75) is 0 Å². The lowest BCUT2D eigenvalue weighted by Gasteiger charge is -2.04. The first-order valence-electron chi connectivity index (χ1n) is 3.36. The van der Waals surface area contributed by atoms with Gasteiger partial charge < -0.3 is 4.74 Å². The third kappa shape index (κ3) is 2.70. The summed E-state index contributed by atoms with van der Waals surface area (Å²) in [6.45, 7) is 0.175. The lowest BCUT2D eigenvalue weighted by Crippen LogP contribution is -1.93. The molecule has 0 heterocycles. The van der Waals surface area contributed by atoms with Gasteiger partial charge in [0.2, 0.25) is 0 Å². The van der Waals surface area contributed by atoms with Crippen molar-refractivity contribution in [3.63, 3.8) is 0 Å². The van der Waals surface area contributed by atoms with E-state index in [0.29, 0.717) is 20.8 Å². The van der Waals surface area contributed by atoms with Gasteiger partial charge in [-0.2, -0.15) is 0 Å². The first kappa shape index (κ1) is 10.5. The predicted molar refractivity (Wildman–Crippen MR) is 55.8 cm³/mol. The topological polar surface area (TPSA) is 9.23 Å². The van der Waals surface area contributed by atoms with Crippen LogP contribution in [0.4, 0.5) is 0 Å². The van der Waals surface area contributed by atoms with E-state index >= 15 is 0 Å². The van der Waals surface area contributed by atoms with Crippen LogP contribution in [-0.2, 0) is 0 Å². The molecule has 0 radical (unpaired) electrons. The summed E-state index contributed by atoms with van der Waals surface area (Å²) in [6, 6.07) is 3.13. The van der Waals surface area contributed by atoms with Crippen molar-refractivity contribution >= 4 is 34.8 Å². The average molecular weight is 235 g/mol. The molecule has 0 spiro atoms. The Balaban J connectivity index is 2.94. The van der Waals surface area contributed by atoms with Crippen LogP contribution in [0.15, 0.2) is 12.1 Å². The zero-order valence-electron chi connectivity index (χ0n) is 6.48. The Bertz CT molecular complexity index is 331. The fourth-order valence-electron chi connectivity index (χ4n) is 0.741. The molecule has 0 fully saturated rings. The molecular formula is C9H5Cl3O. The van der Waals surface area contributed by atoms with Gasteiger partial charge in [-0.3, -0.25) is 0 Å². The summed E-state index contributed by atoms with van der Waals surface area (Å²) in [5.74, 6) is 2.84. The predicted octanol–water partition coefficient (Wildman–Crippen LogP) is 3.66. The van der Waals surface area contributed by atoms with Crippen molar-refractivity contribution in [1.82, 2.24) is 0 Å². The maximum absolute atomic E-state index is 5.75. The van der Waals surface area contributed by atoms with Gasteiger partial charge in [-0.1, -0.05) is 40.7 Å². The van der Waals surface area contributed by atoms with Crippen LogP contribution < -0.4 is 4.74 Å². The summed E-state index contributed by atoms with van der Waals surface area (Å²) in [4.78, 5) is 0. The lowest BCUT2D eigenvalue weighted by atomic mass is 10.3. The molecule has 1 nitrogen and oxygen atoms in total. The smallest absolute Gasteiger partial charge is 0.148 e. The molecule has 0 aromatic heterocycles. The third-order valence-corrected chi connectivity index (χ3v) is 2.48. The average Bonchev–Trinajstić information content (AvgIpc) is 2.10. The second-order valence-corrected chi connectivity index (χ2v) is 3.39. The largest absolute Gasteiger partial charge is 0.481 e.